The predicted octanol–water partition coefficient (Wildman–Crippen LogP) is 2.53. The quantitative estimate of drug-likeness (QED) is 0.813. The maximum absolute atomic E-state index is 11.7. The molecule has 1 aromatic carbocycles. The maximum Gasteiger partial charge on any atom is 0.326 e. The fourth-order valence-electron chi connectivity index (χ4n) is 2.05. The zero-order valence-corrected chi connectivity index (χ0v) is 13.2. The second-order valence-corrected chi connectivity index (χ2v) is 5.41. The zero-order chi connectivity index (χ0) is 15.3. The molecule has 0 saturated heterocycles. The first-order chi connectivity index (χ1) is 9.35. The van der Waals surface area contributed by atoms with E-state index in [2.05, 4.69) is 18.3 Å². The van der Waals surface area contributed by atoms with Crippen molar-refractivity contribution in [1.82, 2.24) is 5.32 Å². The molecule has 0 saturated carbocycles. The highest BCUT2D eigenvalue weighted by atomic mass is 16.5. The Morgan fingerprint density at radius 3 is 2.45 bits per heavy atom. The Bertz CT molecular complexity index is 469. The molecule has 1 N–H and O–H groups in total. The summed E-state index contributed by atoms with van der Waals surface area (Å²) in [6.45, 7) is 10.3. The molecule has 1 aromatic rings. The van der Waals surface area contributed by atoms with Crippen LogP contribution in [-0.4, -0.2) is 31.8 Å². The second-order valence-electron chi connectivity index (χ2n) is 5.41. The Balaban J connectivity index is 2.79. The van der Waals surface area contributed by atoms with E-state index >= 15 is 0 Å². The number of rotatable bonds is 6. The molecule has 112 valence electrons. The van der Waals surface area contributed by atoms with E-state index in [-0.39, 0.29) is 18.6 Å². The molecule has 1 atom stereocenters. The smallest absolute Gasteiger partial charge is 0.326 e. The van der Waals surface area contributed by atoms with Crippen LogP contribution in [0.3, 0.4) is 0 Å². The van der Waals surface area contributed by atoms with Gasteiger partial charge in [0, 0.05) is 6.04 Å². The minimum Gasteiger partial charge on any atom is -0.491 e. The van der Waals surface area contributed by atoms with Gasteiger partial charge in [0.2, 0.25) is 0 Å². The second kappa shape index (κ2) is 7.29. The Hall–Kier alpha value is -1.55. The minimum atomic E-state index is -0.458. The number of methoxy groups -OCH3 is 1. The van der Waals surface area contributed by atoms with Crippen LogP contribution >= 0.6 is 0 Å². The first kappa shape index (κ1) is 16.5. The lowest BCUT2D eigenvalue weighted by Gasteiger charge is -2.20. The van der Waals surface area contributed by atoms with Crippen LogP contribution in [0, 0.1) is 20.8 Å². The Kier molecular flexibility index (Phi) is 6.02. The zero-order valence-electron chi connectivity index (χ0n) is 13.2. The van der Waals surface area contributed by atoms with Crippen molar-refractivity contribution in [3.8, 4) is 5.75 Å². The van der Waals surface area contributed by atoms with E-state index in [1.807, 2.05) is 33.8 Å². The van der Waals surface area contributed by atoms with Gasteiger partial charge in [0.1, 0.15) is 18.4 Å². The van der Waals surface area contributed by atoms with E-state index in [4.69, 9.17) is 9.47 Å². The summed E-state index contributed by atoms with van der Waals surface area (Å²) < 4.78 is 10.6. The lowest BCUT2D eigenvalue weighted by molar-refractivity contribution is -0.144. The molecule has 0 aliphatic heterocycles. The topological polar surface area (TPSA) is 47.6 Å². The number of ether oxygens (including phenoxy) is 2. The van der Waals surface area contributed by atoms with Crippen molar-refractivity contribution < 1.29 is 14.3 Å². The van der Waals surface area contributed by atoms with Gasteiger partial charge < -0.3 is 9.47 Å². The fourth-order valence-corrected chi connectivity index (χ4v) is 2.05. The van der Waals surface area contributed by atoms with Gasteiger partial charge in [0.15, 0.2) is 0 Å². The highest BCUT2D eigenvalue weighted by Crippen LogP contribution is 2.23. The molecule has 0 radical (unpaired) electrons. The lowest BCUT2D eigenvalue weighted by Crippen LogP contribution is -2.45. The predicted molar refractivity (Wildman–Crippen MR) is 80.2 cm³/mol. The summed E-state index contributed by atoms with van der Waals surface area (Å²) >= 11 is 0. The van der Waals surface area contributed by atoms with Gasteiger partial charge in [0.25, 0.3) is 0 Å². The van der Waals surface area contributed by atoms with Crippen molar-refractivity contribution in [3.05, 3.63) is 28.8 Å². The molecule has 0 aromatic heterocycles. The van der Waals surface area contributed by atoms with E-state index in [0.717, 1.165) is 16.9 Å². The summed E-state index contributed by atoms with van der Waals surface area (Å²) in [6.07, 6.45) is 0. The third-order valence-corrected chi connectivity index (χ3v) is 3.19. The van der Waals surface area contributed by atoms with Crippen molar-refractivity contribution in [2.75, 3.05) is 13.7 Å². The van der Waals surface area contributed by atoms with Crippen LogP contribution in [-0.2, 0) is 9.53 Å². The molecule has 0 aliphatic rings. The molecule has 0 bridgehead atoms. The van der Waals surface area contributed by atoms with Crippen molar-refractivity contribution in [2.45, 2.75) is 46.7 Å². The van der Waals surface area contributed by atoms with E-state index in [0.29, 0.717) is 0 Å². The monoisotopic (exact) mass is 279 g/mol. The molecule has 0 heterocycles. The molecule has 4 nitrogen and oxygen atoms in total. The van der Waals surface area contributed by atoms with Crippen LogP contribution in [0.2, 0.25) is 0 Å². The third-order valence-electron chi connectivity index (χ3n) is 3.19. The van der Waals surface area contributed by atoms with Gasteiger partial charge in [-0.05, 0) is 43.5 Å². The lowest BCUT2D eigenvalue weighted by atomic mass is 10.1. The SMILES string of the molecule is COC(=O)C(COc1cc(C)cc(C)c1C)NC(C)C. The number of hydrogen-bond donors (Lipinski definition) is 1. The van der Waals surface area contributed by atoms with Gasteiger partial charge in [-0.2, -0.15) is 0 Å². The van der Waals surface area contributed by atoms with E-state index < -0.39 is 6.04 Å². The van der Waals surface area contributed by atoms with E-state index in [9.17, 15) is 4.79 Å². The normalized spacial score (nSPS) is 12.3. The van der Waals surface area contributed by atoms with Crippen molar-refractivity contribution in [3.63, 3.8) is 0 Å². The van der Waals surface area contributed by atoms with Crippen molar-refractivity contribution in [2.24, 2.45) is 0 Å². The van der Waals surface area contributed by atoms with Crippen LogP contribution < -0.4 is 10.1 Å². The minimum absolute atomic E-state index is 0.183. The van der Waals surface area contributed by atoms with Crippen LogP contribution in [0.5, 0.6) is 5.75 Å². The number of carbonyl (C=O) groups excluding carboxylic acids is 1. The molecule has 0 aliphatic carbocycles. The third kappa shape index (κ3) is 4.53. The van der Waals surface area contributed by atoms with Crippen LogP contribution in [0.25, 0.3) is 0 Å². The number of nitrogens with one attached hydrogen (secondary N) is 1. The summed E-state index contributed by atoms with van der Waals surface area (Å²) in [5, 5.41) is 3.15. The molecule has 0 amide bonds. The first-order valence-corrected chi connectivity index (χ1v) is 6.89. The van der Waals surface area contributed by atoms with Crippen molar-refractivity contribution >= 4 is 5.97 Å². The average Bonchev–Trinajstić information content (AvgIpc) is 2.38. The molecular formula is C16H25NO3. The summed E-state index contributed by atoms with van der Waals surface area (Å²) in [6, 6.07) is 3.83. The van der Waals surface area contributed by atoms with Gasteiger partial charge in [-0.1, -0.05) is 19.9 Å². The first-order valence-electron chi connectivity index (χ1n) is 6.89. The summed E-state index contributed by atoms with van der Waals surface area (Å²) in [7, 11) is 1.39. The number of carbonyl (C=O) groups is 1. The summed E-state index contributed by atoms with van der Waals surface area (Å²) in [5.41, 5.74) is 3.43. The molecule has 1 unspecified atom stereocenters. The van der Waals surface area contributed by atoms with Crippen LogP contribution in [0.4, 0.5) is 0 Å². The molecule has 0 fully saturated rings. The standard InChI is InChI=1S/C16H25NO3/c1-10(2)17-14(16(18)19-6)9-20-15-8-11(3)7-12(4)13(15)5/h7-8,10,14,17H,9H2,1-6H3. The van der Waals surface area contributed by atoms with Crippen LogP contribution in [0.15, 0.2) is 12.1 Å². The average molecular weight is 279 g/mol. The Labute approximate surface area is 121 Å². The van der Waals surface area contributed by atoms with Gasteiger partial charge in [-0.25, -0.2) is 0 Å². The van der Waals surface area contributed by atoms with Gasteiger partial charge in [0.05, 0.1) is 7.11 Å². The van der Waals surface area contributed by atoms with Crippen molar-refractivity contribution in [1.29, 1.82) is 0 Å². The number of benzene rings is 1. The molecule has 1 rings (SSSR count). The number of hydrogen-bond acceptors (Lipinski definition) is 4. The summed E-state index contributed by atoms with van der Waals surface area (Å²) in [5.74, 6) is 0.516. The van der Waals surface area contributed by atoms with E-state index in [1.54, 1.807) is 0 Å². The van der Waals surface area contributed by atoms with Gasteiger partial charge >= 0.3 is 5.97 Å². The van der Waals surface area contributed by atoms with Gasteiger partial charge in [-0.15, -0.1) is 0 Å². The molecule has 4 heteroatoms. The highest BCUT2D eigenvalue weighted by Gasteiger charge is 2.21. The largest absolute Gasteiger partial charge is 0.491 e. The fraction of sp³-hybridized carbons (Fsp3) is 0.562. The maximum atomic E-state index is 11.7. The molecular weight excluding hydrogens is 254 g/mol. The summed E-state index contributed by atoms with van der Waals surface area (Å²) in [4.78, 5) is 11.7. The Morgan fingerprint density at radius 2 is 1.90 bits per heavy atom. The van der Waals surface area contributed by atoms with E-state index in [1.165, 1.54) is 12.7 Å². The highest BCUT2D eigenvalue weighted by molar-refractivity contribution is 5.75. The molecule has 20 heavy (non-hydrogen) atoms. The number of esters is 1. The molecule has 0 spiro atoms. The number of aryl methyl sites for hydroxylation is 2. The van der Waals surface area contributed by atoms with Gasteiger partial charge in [-0.3, -0.25) is 10.1 Å². The van der Waals surface area contributed by atoms with Crippen LogP contribution in [0.1, 0.15) is 30.5 Å². The Morgan fingerprint density at radius 1 is 1.25 bits per heavy atom.